The molecule has 422 valence electrons. The van der Waals surface area contributed by atoms with Crippen LogP contribution in [0.5, 0.6) is 11.5 Å². The van der Waals surface area contributed by atoms with Crippen molar-refractivity contribution < 1.29 is 36.6 Å². The van der Waals surface area contributed by atoms with Crippen LogP contribution in [-0.2, 0) is 9.59 Å². The number of carbonyl (C=O) groups is 2. The van der Waals surface area contributed by atoms with Gasteiger partial charge in [0.05, 0.1) is 13.2 Å². The number of hydrogen-bond donors (Lipinski definition) is 2. The molecule has 2 saturated carbocycles. The number of unbranched alkanes of at least 4 members (excludes halogenated alkanes) is 10. The third-order valence-corrected chi connectivity index (χ3v) is 16.1. The van der Waals surface area contributed by atoms with Crippen molar-refractivity contribution in [2.45, 2.75) is 205 Å². The fraction of sp³-hybridized carbons (Fsp3) is 0.559. The third-order valence-electron chi connectivity index (χ3n) is 16.1. The van der Waals surface area contributed by atoms with Crippen LogP contribution in [-0.4, -0.2) is 38.1 Å². The molecular weight excluding hydrogens is 985 g/mol. The van der Waals surface area contributed by atoms with Gasteiger partial charge in [-0.2, -0.15) is 8.78 Å². The van der Waals surface area contributed by atoms with Crippen molar-refractivity contribution in [3.8, 4) is 57.4 Å². The van der Waals surface area contributed by atoms with E-state index in [9.17, 15) is 9.59 Å². The highest BCUT2D eigenvalue weighted by molar-refractivity contribution is 5.76. The molecule has 2 aliphatic carbocycles. The number of rotatable bonds is 32. The first-order valence-electron chi connectivity index (χ1n) is 30.1. The summed E-state index contributed by atoms with van der Waals surface area (Å²) in [7, 11) is 0. The van der Waals surface area contributed by atoms with Gasteiger partial charge in [-0.25, -0.2) is 8.78 Å². The van der Waals surface area contributed by atoms with Crippen molar-refractivity contribution in [3.05, 3.63) is 107 Å². The van der Waals surface area contributed by atoms with E-state index in [-0.39, 0.29) is 47.7 Å². The van der Waals surface area contributed by atoms with Crippen LogP contribution in [0.4, 0.5) is 17.6 Å². The zero-order valence-corrected chi connectivity index (χ0v) is 47.0. The molecule has 2 aliphatic rings. The zero-order chi connectivity index (χ0) is 55.2. The largest absolute Gasteiger partial charge is 0.490 e. The lowest BCUT2D eigenvalue weighted by molar-refractivity contribution is -0.122. The fourth-order valence-corrected chi connectivity index (χ4v) is 11.2. The summed E-state index contributed by atoms with van der Waals surface area (Å²) in [4.78, 5) is 24.5. The number of halogens is 4. The first-order chi connectivity index (χ1) is 38.1. The summed E-state index contributed by atoms with van der Waals surface area (Å²) in [5.74, 6) is 10.4. The van der Waals surface area contributed by atoms with Gasteiger partial charge in [0.25, 0.3) is 0 Å². The molecule has 0 heterocycles. The van der Waals surface area contributed by atoms with Crippen LogP contribution in [0.3, 0.4) is 0 Å². The molecule has 10 heteroatoms. The predicted octanol–water partition coefficient (Wildman–Crippen LogP) is 17.7. The quantitative estimate of drug-likeness (QED) is 0.0290. The topological polar surface area (TPSA) is 76.7 Å². The molecule has 0 bridgehead atoms. The molecule has 6 rings (SSSR count). The summed E-state index contributed by atoms with van der Waals surface area (Å²) in [5, 5.41) is 5.84. The van der Waals surface area contributed by atoms with Crippen molar-refractivity contribution in [1.82, 2.24) is 10.6 Å². The number of hydrogen-bond acceptors (Lipinski definition) is 4. The summed E-state index contributed by atoms with van der Waals surface area (Å²) in [6.45, 7) is 6.06. The Balaban J connectivity index is 0.724. The third kappa shape index (κ3) is 20.8. The Bertz CT molecular complexity index is 2370. The van der Waals surface area contributed by atoms with Crippen molar-refractivity contribution in [1.29, 1.82) is 0 Å². The number of amides is 2. The van der Waals surface area contributed by atoms with Gasteiger partial charge < -0.3 is 20.1 Å². The molecule has 0 saturated heterocycles. The highest BCUT2D eigenvalue weighted by atomic mass is 19.2. The lowest BCUT2D eigenvalue weighted by Crippen LogP contribution is -2.24. The minimum Gasteiger partial charge on any atom is -0.490 e. The molecule has 0 atom stereocenters. The molecule has 0 radical (unpaired) electrons. The minimum atomic E-state index is -0.972. The maximum atomic E-state index is 15.2. The van der Waals surface area contributed by atoms with E-state index in [0.29, 0.717) is 87.4 Å². The van der Waals surface area contributed by atoms with E-state index in [2.05, 4.69) is 72.4 Å². The number of benzene rings is 4. The molecule has 6 nitrogen and oxygen atoms in total. The number of ether oxygens (including phenoxy) is 2. The minimum absolute atomic E-state index is 0.0398. The lowest BCUT2D eigenvalue weighted by Gasteiger charge is -2.29. The van der Waals surface area contributed by atoms with Gasteiger partial charge in [0.15, 0.2) is 23.1 Å². The van der Waals surface area contributed by atoms with E-state index in [1.54, 1.807) is 12.1 Å². The maximum Gasteiger partial charge on any atom is 0.220 e. The van der Waals surface area contributed by atoms with E-state index in [4.69, 9.17) is 9.47 Å². The zero-order valence-electron chi connectivity index (χ0n) is 47.0. The highest BCUT2D eigenvalue weighted by Gasteiger charge is 2.25. The Kier molecular flexibility index (Phi) is 27.6. The van der Waals surface area contributed by atoms with Crippen LogP contribution in [0.15, 0.2) is 72.8 Å². The molecule has 4 aromatic carbocycles. The second-order valence-electron chi connectivity index (χ2n) is 22.0. The monoisotopic (exact) mass is 1070 g/mol. The fourth-order valence-electron chi connectivity index (χ4n) is 11.2. The van der Waals surface area contributed by atoms with Crippen LogP contribution in [0, 0.1) is 58.8 Å². The Morgan fingerprint density at radius 2 is 0.859 bits per heavy atom. The van der Waals surface area contributed by atoms with Crippen LogP contribution >= 0.6 is 0 Å². The molecule has 0 aliphatic heterocycles. The van der Waals surface area contributed by atoms with Gasteiger partial charge in [0.1, 0.15) is 0 Å². The van der Waals surface area contributed by atoms with Gasteiger partial charge in [0.2, 0.25) is 23.4 Å². The molecule has 2 N–H and O–H groups in total. The Hall–Kier alpha value is -5.74. The van der Waals surface area contributed by atoms with Crippen molar-refractivity contribution in [3.63, 3.8) is 0 Å². The first kappa shape index (κ1) is 61.5. The Morgan fingerprint density at radius 3 is 1.24 bits per heavy atom. The summed E-state index contributed by atoms with van der Waals surface area (Å²) >= 11 is 0. The van der Waals surface area contributed by atoms with Gasteiger partial charge in [-0.05, 0) is 185 Å². The van der Waals surface area contributed by atoms with E-state index in [1.807, 2.05) is 24.3 Å². The average molecular weight is 1070 g/mol. The van der Waals surface area contributed by atoms with Crippen molar-refractivity contribution in [2.24, 2.45) is 11.8 Å². The number of carbonyl (C=O) groups excluding carboxylic acids is 2. The summed E-state index contributed by atoms with van der Waals surface area (Å²) < 4.78 is 71.6. The smallest absolute Gasteiger partial charge is 0.220 e. The molecular formula is C68H88F4N2O4. The van der Waals surface area contributed by atoms with E-state index in [0.717, 1.165) is 37.5 Å². The second-order valence-corrected chi connectivity index (χ2v) is 22.0. The van der Waals surface area contributed by atoms with Gasteiger partial charge in [0, 0.05) is 49.9 Å². The molecule has 0 unspecified atom stereocenters. The highest BCUT2D eigenvalue weighted by Crippen LogP contribution is 2.41. The molecule has 0 spiro atoms. The van der Waals surface area contributed by atoms with Gasteiger partial charge in [-0.1, -0.05) is 126 Å². The molecule has 78 heavy (non-hydrogen) atoms. The Morgan fingerprint density at radius 1 is 0.462 bits per heavy atom. The average Bonchev–Trinajstić information content (AvgIpc) is 3.49. The first-order valence-corrected chi connectivity index (χ1v) is 30.1. The van der Waals surface area contributed by atoms with E-state index in [1.165, 1.54) is 126 Å². The maximum absolute atomic E-state index is 15.2. The summed E-state index contributed by atoms with van der Waals surface area (Å²) in [6.07, 6.45) is 27.8. The second kappa shape index (κ2) is 35.0. The van der Waals surface area contributed by atoms with Crippen LogP contribution in [0.2, 0.25) is 0 Å². The van der Waals surface area contributed by atoms with Crippen LogP contribution in [0.1, 0.15) is 217 Å². The lowest BCUT2D eigenvalue weighted by atomic mass is 9.77. The van der Waals surface area contributed by atoms with Gasteiger partial charge >= 0.3 is 0 Å². The van der Waals surface area contributed by atoms with E-state index >= 15 is 17.6 Å². The molecule has 2 fully saturated rings. The SMILES string of the molecule is CCCCCC1CCC(c2ccc(-c3ccc(OCCCCCNC(=O)CCCC#CC#CCCCC(=O)NCCCCCOc4ccc(-c5ccc(C6CCC(CCCCC)CC6)cc5)c(F)c4F)c(F)c3F)cc2)CC1. The van der Waals surface area contributed by atoms with Crippen molar-refractivity contribution >= 4 is 11.8 Å². The number of nitrogens with one attached hydrogen (secondary N) is 2. The molecule has 0 aromatic heterocycles. The van der Waals surface area contributed by atoms with Crippen LogP contribution < -0.4 is 20.1 Å². The van der Waals surface area contributed by atoms with Crippen molar-refractivity contribution in [2.75, 3.05) is 26.3 Å². The van der Waals surface area contributed by atoms with E-state index < -0.39 is 23.3 Å². The van der Waals surface area contributed by atoms with Gasteiger partial charge in [-0.3, -0.25) is 9.59 Å². The standard InChI is InChI=1S/C68H88F4N2O4/c1-3-5-15-23-51-27-31-53(32-28-51)55-35-39-57(40-36-55)59-43-45-61(67(71)65(59)69)77-49-21-13-19-47-73-63(75)25-17-11-9-7-8-10-12-18-26-64(76)74-48-20-14-22-50-78-62-46-44-60(66(70)68(62)72)58-41-37-56(38-42-58)54-33-29-52(30-34-54)24-16-6-4-2/h35-46,51-54H,3-6,11-34,47-50H2,1-2H3,(H,73,75)(H,74,76). The predicted molar refractivity (Wildman–Crippen MR) is 309 cm³/mol. The summed E-state index contributed by atoms with van der Waals surface area (Å²) in [5.41, 5.74) is 4.34. The van der Waals surface area contributed by atoms with Crippen LogP contribution in [0.25, 0.3) is 22.3 Å². The Labute approximate surface area is 465 Å². The molecule has 2 amide bonds. The molecule has 4 aromatic rings. The van der Waals surface area contributed by atoms with Gasteiger partial charge in [-0.15, -0.1) is 0 Å². The normalized spacial score (nSPS) is 17.1. The summed E-state index contributed by atoms with van der Waals surface area (Å²) in [6, 6.07) is 22.1.